The van der Waals surface area contributed by atoms with E-state index in [0.29, 0.717) is 58.9 Å². The summed E-state index contributed by atoms with van der Waals surface area (Å²) in [7, 11) is 6.65. The van der Waals surface area contributed by atoms with E-state index in [1.54, 1.807) is 13.2 Å². The van der Waals surface area contributed by atoms with Crippen LogP contribution in [0.5, 0.6) is 28.7 Å². The average molecular weight is 582 g/mol. The second-order valence-electron chi connectivity index (χ2n) is 11.2. The maximum atomic E-state index is 13.2. The highest BCUT2D eigenvalue weighted by atomic mass is 16.7. The first-order valence-electron chi connectivity index (χ1n) is 14.6. The van der Waals surface area contributed by atoms with Gasteiger partial charge in [-0.1, -0.05) is 25.3 Å². The van der Waals surface area contributed by atoms with Crippen molar-refractivity contribution >= 4 is 11.9 Å². The number of hydrogen-bond donors (Lipinski definition) is 2. The van der Waals surface area contributed by atoms with Gasteiger partial charge in [0.2, 0.25) is 18.4 Å². The van der Waals surface area contributed by atoms with Crippen LogP contribution in [0.15, 0.2) is 12.1 Å². The Bertz CT molecular complexity index is 1370. The number of cyclic esters (lactones) is 1. The summed E-state index contributed by atoms with van der Waals surface area (Å²) in [6, 6.07) is 3.65. The number of fused-ring (bicyclic) bond motifs is 3. The SMILES string of the molecule is COc1ccc2c(c1OC)C(=O)O[C@H]2[C@@H]1c2c(c(CNC(=O)CNC3CCCCC3)c3c(c2OC)OCO3)CCN1C. The lowest BCUT2D eigenvalue weighted by Crippen LogP contribution is -2.40. The van der Waals surface area contributed by atoms with Gasteiger partial charge in [0.15, 0.2) is 23.0 Å². The molecule has 2 atom stereocenters. The van der Waals surface area contributed by atoms with Crippen molar-refractivity contribution < 1.29 is 38.0 Å². The maximum absolute atomic E-state index is 13.2. The lowest BCUT2D eigenvalue weighted by molar-refractivity contribution is -0.120. The minimum absolute atomic E-state index is 0.0531. The third-order valence-corrected chi connectivity index (χ3v) is 8.94. The third-order valence-electron chi connectivity index (χ3n) is 8.94. The Balaban J connectivity index is 1.35. The molecule has 2 N–H and O–H groups in total. The van der Waals surface area contributed by atoms with Crippen LogP contribution in [0.1, 0.15) is 76.9 Å². The molecule has 0 spiro atoms. The number of carbonyl (C=O) groups excluding carboxylic acids is 2. The lowest BCUT2D eigenvalue weighted by atomic mass is 9.83. The summed E-state index contributed by atoms with van der Waals surface area (Å²) in [6.07, 6.45) is 5.97. The molecule has 226 valence electrons. The van der Waals surface area contributed by atoms with Gasteiger partial charge in [-0.05, 0) is 37.9 Å². The van der Waals surface area contributed by atoms with Crippen molar-refractivity contribution in [3.63, 3.8) is 0 Å². The van der Waals surface area contributed by atoms with E-state index in [1.807, 2.05) is 13.1 Å². The summed E-state index contributed by atoms with van der Waals surface area (Å²) in [4.78, 5) is 28.3. The topological polar surface area (TPSA) is 117 Å². The second-order valence-corrected chi connectivity index (χ2v) is 11.2. The standard InChI is InChI=1S/C31H39N3O8/c1-34-13-12-18-20(14-33-22(35)15-32-17-8-6-5-7-9-17)27-30(41-16-40-27)29(39-4)23(18)25(34)26-19-10-11-21(37-2)28(38-3)24(19)31(36)42-26/h10-11,17,25-26,32H,5-9,12-16H2,1-4H3,(H,33,35)/t25-,26+/m0/s1. The fourth-order valence-electron chi connectivity index (χ4n) is 6.90. The molecule has 3 aliphatic heterocycles. The molecule has 11 nitrogen and oxygen atoms in total. The van der Waals surface area contributed by atoms with Crippen LogP contribution in [0.25, 0.3) is 0 Å². The van der Waals surface area contributed by atoms with Crippen LogP contribution >= 0.6 is 0 Å². The fourth-order valence-corrected chi connectivity index (χ4v) is 6.90. The minimum Gasteiger partial charge on any atom is -0.493 e. The quantitative estimate of drug-likeness (QED) is 0.427. The number of nitrogens with one attached hydrogen (secondary N) is 2. The molecule has 11 heteroatoms. The van der Waals surface area contributed by atoms with Gasteiger partial charge in [0.25, 0.3) is 0 Å². The summed E-state index contributed by atoms with van der Waals surface area (Å²) >= 11 is 0. The molecule has 1 fully saturated rings. The minimum atomic E-state index is -0.632. The van der Waals surface area contributed by atoms with Crippen LogP contribution in [-0.4, -0.2) is 71.1 Å². The molecule has 0 unspecified atom stereocenters. The number of esters is 1. The largest absolute Gasteiger partial charge is 0.493 e. The average Bonchev–Trinajstić information content (AvgIpc) is 3.63. The first kappa shape index (κ1) is 28.4. The van der Waals surface area contributed by atoms with Crippen LogP contribution in [0.3, 0.4) is 0 Å². The monoisotopic (exact) mass is 581 g/mol. The van der Waals surface area contributed by atoms with E-state index in [0.717, 1.165) is 29.5 Å². The lowest BCUT2D eigenvalue weighted by Gasteiger charge is -2.39. The van der Waals surface area contributed by atoms with Gasteiger partial charge in [-0.2, -0.15) is 0 Å². The van der Waals surface area contributed by atoms with E-state index in [9.17, 15) is 9.59 Å². The molecule has 4 aliphatic rings. The van der Waals surface area contributed by atoms with Crippen LogP contribution < -0.4 is 34.3 Å². The van der Waals surface area contributed by atoms with Crippen molar-refractivity contribution in [3.8, 4) is 28.7 Å². The highest BCUT2D eigenvalue weighted by Gasteiger charge is 2.47. The Morgan fingerprint density at radius 1 is 1.02 bits per heavy atom. The molecule has 0 aromatic heterocycles. The molecule has 2 aromatic rings. The Kier molecular flexibility index (Phi) is 8.04. The molecule has 0 bridgehead atoms. The van der Waals surface area contributed by atoms with Crippen LogP contribution in [0.2, 0.25) is 0 Å². The normalized spacial score (nSPS) is 21.4. The van der Waals surface area contributed by atoms with Gasteiger partial charge in [0.05, 0.1) is 33.9 Å². The molecule has 2 aromatic carbocycles. The zero-order chi connectivity index (χ0) is 29.4. The van der Waals surface area contributed by atoms with Gasteiger partial charge >= 0.3 is 5.97 Å². The van der Waals surface area contributed by atoms with Crippen molar-refractivity contribution in [1.82, 2.24) is 15.5 Å². The number of nitrogens with zero attached hydrogens (tertiary/aromatic N) is 1. The van der Waals surface area contributed by atoms with Gasteiger partial charge in [0.1, 0.15) is 11.7 Å². The Labute approximate surface area is 245 Å². The van der Waals surface area contributed by atoms with Gasteiger partial charge in [-0.25, -0.2) is 4.79 Å². The van der Waals surface area contributed by atoms with E-state index in [1.165, 1.54) is 33.5 Å². The molecule has 0 radical (unpaired) electrons. The summed E-state index contributed by atoms with van der Waals surface area (Å²) in [5, 5.41) is 6.50. The number of ether oxygens (including phenoxy) is 6. The number of rotatable bonds is 9. The van der Waals surface area contributed by atoms with Gasteiger partial charge < -0.3 is 39.1 Å². The van der Waals surface area contributed by atoms with Crippen LogP contribution in [-0.2, 0) is 22.5 Å². The van der Waals surface area contributed by atoms with E-state index in [-0.39, 0.29) is 31.8 Å². The van der Waals surface area contributed by atoms with Crippen LogP contribution in [0, 0.1) is 0 Å². The molecular weight excluding hydrogens is 542 g/mol. The Hall–Kier alpha value is -3.70. The summed E-state index contributed by atoms with van der Waals surface area (Å²) in [5.74, 6) is 1.91. The number of likely N-dealkylation sites (N-methyl/N-ethyl adjacent to an activating group) is 1. The number of carbonyl (C=O) groups is 2. The first-order valence-corrected chi connectivity index (χ1v) is 14.6. The maximum Gasteiger partial charge on any atom is 0.343 e. The summed E-state index contributed by atoms with van der Waals surface area (Å²) in [5.41, 5.74) is 3.80. The Morgan fingerprint density at radius 2 is 1.79 bits per heavy atom. The highest BCUT2D eigenvalue weighted by molar-refractivity contribution is 5.98. The van der Waals surface area contributed by atoms with Crippen molar-refractivity contribution in [1.29, 1.82) is 0 Å². The fraction of sp³-hybridized carbons (Fsp3) is 0.548. The zero-order valence-electron chi connectivity index (χ0n) is 24.7. The molecular formula is C31H39N3O8. The third kappa shape index (κ3) is 4.88. The summed E-state index contributed by atoms with van der Waals surface area (Å²) in [6.45, 7) is 1.30. The highest BCUT2D eigenvalue weighted by Crippen LogP contribution is 2.56. The number of benzene rings is 2. The van der Waals surface area contributed by atoms with Gasteiger partial charge in [0, 0.05) is 35.8 Å². The number of methoxy groups -OCH3 is 3. The van der Waals surface area contributed by atoms with E-state index >= 15 is 0 Å². The van der Waals surface area contributed by atoms with Crippen molar-refractivity contribution in [3.05, 3.63) is 39.9 Å². The van der Waals surface area contributed by atoms with Crippen molar-refractivity contribution in [2.24, 2.45) is 0 Å². The van der Waals surface area contributed by atoms with Crippen molar-refractivity contribution in [2.75, 3.05) is 48.3 Å². The van der Waals surface area contributed by atoms with Crippen LogP contribution in [0.4, 0.5) is 0 Å². The predicted molar refractivity (Wildman–Crippen MR) is 153 cm³/mol. The molecule has 3 heterocycles. The second kappa shape index (κ2) is 11.9. The predicted octanol–water partition coefficient (Wildman–Crippen LogP) is 3.42. The smallest absolute Gasteiger partial charge is 0.343 e. The van der Waals surface area contributed by atoms with E-state index < -0.39 is 12.1 Å². The molecule has 1 saturated carbocycles. The van der Waals surface area contributed by atoms with E-state index in [2.05, 4.69) is 15.5 Å². The zero-order valence-corrected chi connectivity index (χ0v) is 24.7. The van der Waals surface area contributed by atoms with Gasteiger partial charge in [-0.15, -0.1) is 0 Å². The molecule has 42 heavy (non-hydrogen) atoms. The van der Waals surface area contributed by atoms with E-state index in [4.69, 9.17) is 28.4 Å². The Morgan fingerprint density at radius 3 is 2.52 bits per heavy atom. The molecule has 1 aliphatic carbocycles. The molecule has 1 amide bonds. The van der Waals surface area contributed by atoms with Gasteiger partial charge in [-0.3, -0.25) is 9.69 Å². The van der Waals surface area contributed by atoms with Crippen molar-refractivity contribution in [2.45, 2.75) is 63.3 Å². The first-order chi connectivity index (χ1) is 20.5. The number of amides is 1. The molecule has 0 saturated heterocycles. The summed E-state index contributed by atoms with van der Waals surface area (Å²) < 4.78 is 34.9. The number of hydrogen-bond acceptors (Lipinski definition) is 10. The molecule has 6 rings (SSSR count).